The van der Waals surface area contributed by atoms with Crippen LogP contribution in [-0.2, 0) is 11.2 Å². The number of hydrogen-bond donors (Lipinski definition) is 0. The van der Waals surface area contributed by atoms with Crippen molar-refractivity contribution < 1.29 is 4.79 Å². The Kier molecular flexibility index (Phi) is 3.28. The second-order valence-electron chi connectivity index (χ2n) is 4.30. The van der Waals surface area contributed by atoms with Gasteiger partial charge in [-0.1, -0.05) is 24.3 Å². The molecule has 0 saturated carbocycles. The number of nitrogens with zero attached hydrogens (tertiary/aromatic N) is 1. The van der Waals surface area contributed by atoms with Crippen LogP contribution in [0.5, 0.6) is 0 Å². The Morgan fingerprint density at radius 1 is 1.31 bits per heavy atom. The fourth-order valence-electron chi connectivity index (χ4n) is 2.57. The summed E-state index contributed by atoms with van der Waals surface area (Å²) in [6.45, 7) is 5.71. The third kappa shape index (κ3) is 1.84. The molecule has 0 aliphatic heterocycles. The molecule has 1 aromatic carbocycles. The van der Waals surface area contributed by atoms with Crippen LogP contribution in [0, 0.1) is 0 Å². The van der Waals surface area contributed by atoms with E-state index in [0.717, 1.165) is 25.9 Å². The third-order valence-corrected chi connectivity index (χ3v) is 3.51. The Labute approximate surface area is 97.3 Å². The minimum absolute atomic E-state index is 0.107. The lowest BCUT2D eigenvalue weighted by Gasteiger charge is -2.23. The predicted molar refractivity (Wildman–Crippen MR) is 65.4 cm³/mol. The molecule has 16 heavy (non-hydrogen) atoms. The largest absolute Gasteiger partial charge is 0.343 e. The first-order valence-corrected chi connectivity index (χ1v) is 6.14. The van der Waals surface area contributed by atoms with Crippen LogP contribution in [0.1, 0.15) is 37.3 Å². The van der Waals surface area contributed by atoms with Gasteiger partial charge in [0.15, 0.2) is 0 Å². The van der Waals surface area contributed by atoms with Gasteiger partial charge in [0.2, 0.25) is 5.91 Å². The highest BCUT2D eigenvalue weighted by molar-refractivity contribution is 5.85. The summed E-state index contributed by atoms with van der Waals surface area (Å²) in [6, 6.07) is 8.34. The summed E-state index contributed by atoms with van der Waals surface area (Å²) in [5.74, 6) is 0.408. The molecule has 0 radical (unpaired) electrons. The molecule has 86 valence electrons. The molecule has 2 nitrogen and oxygen atoms in total. The van der Waals surface area contributed by atoms with Gasteiger partial charge in [-0.2, -0.15) is 0 Å². The lowest BCUT2D eigenvalue weighted by molar-refractivity contribution is -0.132. The van der Waals surface area contributed by atoms with Crippen LogP contribution in [0.25, 0.3) is 0 Å². The topological polar surface area (TPSA) is 20.3 Å². The van der Waals surface area contributed by atoms with Crippen LogP contribution in [0.2, 0.25) is 0 Å². The molecular formula is C14H19NO. The van der Waals surface area contributed by atoms with E-state index in [9.17, 15) is 4.79 Å². The van der Waals surface area contributed by atoms with Gasteiger partial charge in [0, 0.05) is 13.1 Å². The summed E-state index contributed by atoms with van der Waals surface area (Å²) in [5, 5.41) is 0. The van der Waals surface area contributed by atoms with E-state index in [0.29, 0.717) is 5.91 Å². The van der Waals surface area contributed by atoms with E-state index in [4.69, 9.17) is 0 Å². The molecule has 2 heteroatoms. The molecule has 0 saturated heterocycles. The standard InChI is InChI=1S/C14H19NO/c1-3-15(4-2)14(16)13-10-9-11-7-5-6-8-12(11)13/h5-8,13H,3-4,9-10H2,1-2H3. The van der Waals surface area contributed by atoms with Crippen molar-refractivity contribution in [3.8, 4) is 0 Å². The number of amides is 1. The van der Waals surface area contributed by atoms with Crippen molar-refractivity contribution in [1.29, 1.82) is 0 Å². The molecule has 0 fully saturated rings. The van der Waals surface area contributed by atoms with Gasteiger partial charge in [0.25, 0.3) is 0 Å². The van der Waals surface area contributed by atoms with Gasteiger partial charge < -0.3 is 4.90 Å². The molecule has 0 bridgehead atoms. The molecule has 0 heterocycles. The van der Waals surface area contributed by atoms with Crippen molar-refractivity contribution in [2.24, 2.45) is 0 Å². The first-order valence-electron chi connectivity index (χ1n) is 6.14. The van der Waals surface area contributed by atoms with E-state index >= 15 is 0 Å². The molecule has 1 atom stereocenters. The fourth-order valence-corrected chi connectivity index (χ4v) is 2.57. The highest BCUT2D eigenvalue weighted by atomic mass is 16.2. The van der Waals surface area contributed by atoms with Gasteiger partial charge in [-0.25, -0.2) is 0 Å². The molecule has 1 amide bonds. The Hall–Kier alpha value is -1.31. The van der Waals surface area contributed by atoms with Crippen molar-refractivity contribution in [2.75, 3.05) is 13.1 Å². The number of likely N-dealkylation sites (N-methyl/N-ethyl adjacent to an activating group) is 1. The zero-order valence-corrected chi connectivity index (χ0v) is 10.1. The number of fused-ring (bicyclic) bond motifs is 1. The molecule has 2 rings (SSSR count). The molecule has 1 unspecified atom stereocenters. The quantitative estimate of drug-likeness (QED) is 0.762. The van der Waals surface area contributed by atoms with E-state index in [1.165, 1.54) is 11.1 Å². The Morgan fingerprint density at radius 3 is 2.69 bits per heavy atom. The average molecular weight is 217 g/mol. The highest BCUT2D eigenvalue weighted by Gasteiger charge is 2.30. The van der Waals surface area contributed by atoms with Gasteiger partial charge in [0.1, 0.15) is 0 Å². The van der Waals surface area contributed by atoms with Gasteiger partial charge >= 0.3 is 0 Å². The maximum absolute atomic E-state index is 12.3. The van der Waals surface area contributed by atoms with Gasteiger partial charge in [-0.3, -0.25) is 4.79 Å². The van der Waals surface area contributed by atoms with Crippen molar-refractivity contribution in [3.63, 3.8) is 0 Å². The smallest absolute Gasteiger partial charge is 0.230 e. The summed E-state index contributed by atoms with van der Waals surface area (Å²) in [5.41, 5.74) is 2.60. The predicted octanol–water partition coefficient (Wildman–Crippen LogP) is 2.58. The van der Waals surface area contributed by atoms with E-state index in [2.05, 4.69) is 18.2 Å². The molecular weight excluding hydrogens is 198 g/mol. The Morgan fingerprint density at radius 2 is 2.00 bits per heavy atom. The van der Waals surface area contributed by atoms with Crippen LogP contribution < -0.4 is 0 Å². The molecule has 1 aliphatic rings. The van der Waals surface area contributed by atoms with E-state index in [1.807, 2.05) is 24.8 Å². The minimum atomic E-state index is 0.107. The molecule has 0 aromatic heterocycles. The number of rotatable bonds is 3. The second kappa shape index (κ2) is 4.69. The monoisotopic (exact) mass is 217 g/mol. The van der Waals surface area contributed by atoms with Crippen LogP contribution >= 0.6 is 0 Å². The van der Waals surface area contributed by atoms with Crippen LogP contribution in [0.15, 0.2) is 24.3 Å². The fraction of sp³-hybridized carbons (Fsp3) is 0.500. The Balaban J connectivity index is 2.22. The SMILES string of the molecule is CCN(CC)C(=O)C1CCc2ccccc21. The maximum Gasteiger partial charge on any atom is 0.230 e. The van der Waals surface area contributed by atoms with Gasteiger partial charge in [-0.05, 0) is 37.8 Å². The number of aryl methyl sites for hydroxylation is 1. The Bertz CT molecular complexity index is 382. The number of benzene rings is 1. The lowest BCUT2D eigenvalue weighted by atomic mass is 10.00. The molecule has 1 aliphatic carbocycles. The van der Waals surface area contributed by atoms with E-state index < -0.39 is 0 Å². The van der Waals surface area contributed by atoms with Crippen LogP contribution in [0.4, 0.5) is 0 Å². The normalized spacial score (nSPS) is 18.2. The number of carbonyl (C=O) groups excluding carboxylic acids is 1. The molecule has 1 aromatic rings. The van der Waals surface area contributed by atoms with E-state index in [1.54, 1.807) is 0 Å². The third-order valence-electron chi connectivity index (χ3n) is 3.51. The average Bonchev–Trinajstić information content (AvgIpc) is 2.74. The van der Waals surface area contributed by atoms with Gasteiger partial charge in [0.05, 0.1) is 5.92 Å². The van der Waals surface area contributed by atoms with Crippen molar-refractivity contribution in [2.45, 2.75) is 32.6 Å². The van der Waals surface area contributed by atoms with Crippen molar-refractivity contribution in [3.05, 3.63) is 35.4 Å². The van der Waals surface area contributed by atoms with Gasteiger partial charge in [-0.15, -0.1) is 0 Å². The van der Waals surface area contributed by atoms with Crippen molar-refractivity contribution >= 4 is 5.91 Å². The maximum atomic E-state index is 12.3. The summed E-state index contributed by atoms with van der Waals surface area (Å²) < 4.78 is 0. The van der Waals surface area contributed by atoms with Crippen LogP contribution in [0.3, 0.4) is 0 Å². The first-order chi connectivity index (χ1) is 7.77. The molecule has 0 spiro atoms. The second-order valence-corrected chi connectivity index (χ2v) is 4.30. The molecule has 0 N–H and O–H groups in total. The van der Waals surface area contributed by atoms with Crippen LogP contribution in [-0.4, -0.2) is 23.9 Å². The van der Waals surface area contributed by atoms with Crippen molar-refractivity contribution in [1.82, 2.24) is 4.90 Å². The summed E-state index contributed by atoms with van der Waals surface area (Å²) in [7, 11) is 0. The van der Waals surface area contributed by atoms with E-state index in [-0.39, 0.29) is 5.92 Å². The number of hydrogen-bond acceptors (Lipinski definition) is 1. The summed E-state index contributed by atoms with van der Waals surface area (Å²) in [6.07, 6.45) is 2.03. The number of carbonyl (C=O) groups is 1. The highest BCUT2D eigenvalue weighted by Crippen LogP contribution is 2.34. The summed E-state index contributed by atoms with van der Waals surface area (Å²) >= 11 is 0. The zero-order valence-electron chi connectivity index (χ0n) is 10.1. The minimum Gasteiger partial charge on any atom is -0.343 e. The zero-order chi connectivity index (χ0) is 11.5. The lowest BCUT2D eigenvalue weighted by Crippen LogP contribution is -2.34. The first kappa shape index (κ1) is 11.2. The summed E-state index contributed by atoms with van der Waals surface area (Å²) in [4.78, 5) is 14.2.